The van der Waals surface area contributed by atoms with E-state index < -0.39 is 17.7 Å². The SMILES string of the molecule is COc1cccc(/C(O)=C2\C(=O)C(=O)N(CCN(C)C)C2c2ccc(C(C)C)cc2)c1. The summed E-state index contributed by atoms with van der Waals surface area (Å²) in [6, 6.07) is 14.1. The van der Waals surface area contributed by atoms with E-state index in [-0.39, 0.29) is 11.3 Å². The fourth-order valence-electron chi connectivity index (χ4n) is 3.75. The monoisotopic (exact) mass is 422 g/mol. The molecular weight excluding hydrogens is 392 g/mol. The molecule has 1 unspecified atom stereocenters. The van der Waals surface area contributed by atoms with Crippen molar-refractivity contribution in [3.63, 3.8) is 0 Å². The lowest BCUT2D eigenvalue weighted by Crippen LogP contribution is -2.35. The number of benzene rings is 2. The fourth-order valence-corrected chi connectivity index (χ4v) is 3.75. The molecule has 3 rings (SSSR count). The van der Waals surface area contributed by atoms with Crippen molar-refractivity contribution in [3.8, 4) is 5.75 Å². The molecule has 31 heavy (non-hydrogen) atoms. The van der Waals surface area contributed by atoms with Crippen LogP contribution in [0.3, 0.4) is 0 Å². The molecule has 1 heterocycles. The number of hydrogen-bond acceptors (Lipinski definition) is 5. The van der Waals surface area contributed by atoms with E-state index in [0.29, 0.717) is 30.3 Å². The molecule has 1 aliphatic heterocycles. The Morgan fingerprint density at radius 1 is 1.13 bits per heavy atom. The number of Topliss-reactive ketones (excluding diaryl/α,β-unsaturated/α-hetero) is 1. The Morgan fingerprint density at radius 2 is 1.81 bits per heavy atom. The highest BCUT2D eigenvalue weighted by Gasteiger charge is 2.45. The van der Waals surface area contributed by atoms with E-state index in [1.165, 1.54) is 12.7 Å². The standard InChI is InChI=1S/C25H30N2O4/c1-16(2)17-9-11-18(12-10-17)22-21(23(28)19-7-6-8-20(15-19)31-5)24(29)25(30)27(22)14-13-26(3)4/h6-12,15-16,22,28H,13-14H2,1-5H3/b23-21+. The zero-order valence-corrected chi connectivity index (χ0v) is 18.8. The molecule has 0 spiro atoms. The van der Waals surface area contributed by atoms with Crippen LogP contribution in [0.5, 0.6) is 5.75 Å². The second-order valence-corrected chi connectivity index (χ2v) is 8.35. The maximum atomic E-state index is 13.0. The molecule has 1 aliphatic rings. The summed E-state index contributed by atoms with van der Waals surface area (Å²) >= 11 is 0. The van der Waals surface area contributed by atoms with E-state index in [2.05, 4.69) is 13.8 Å². The normalized spacial score (nSPS) is 18.3. The Bertz CT molecular complexity index is 993. The lowest BCUT2D eigenvalue weighted by atomic mass is 9.93. The average Bonchev–Trinajstić information content (AvgIpc) is 3.01. The number of hydrogen-bond donors (Lipinski definition) is 1. The van der Waals surface area contributed by atoms with Crippen LogP contribution in [0.1, 0.15) is 42.5 Å². The molecule has 1 atom stereocenters. The predicted molar refractivity (Wildman–Crippen MR) is 121 cm³/mol. The minimum absolute atomic E-state index is 0.106. The molecule has 1 saturated heterocycles. The zero-order chi connectivity index (χ0) is 22.7. The number of carbonyl (C=O) groups excluding carboxylic acids is 2. The third-order valence-corrected chi connectivity index (χ3v) is 5.59. The average molecular weight is 423 g/mol. The summed E-state index contributed by atoms with van der Waals surface area (Å²) in [5.41, 5.74) is 2.51. The van der Waals surface area contributed by atoms with Crippen molar-refractivity contribution in [2.24, 2.45) is 0 Å². The van der Waals surface area contributed by atoms with Gasteiger partial charge in [0.2, 0.25) is 0 Å². The summed E-state index contributed by atoms with van der Waals surface area (Å²) in [7, 11) is 5.37. The van der Waals surface area contributed by atoms with Gasteiger partial charge in [0.15, 0.2) is 0 Å². The topological polar surface area (TPSA) is 70.1 Å². The summed E-state index contributed by atoms with van der Waals surface area (Å²) < 4.78 is 5.25. The van der Waals surface area contributed by atoms with Crippen LogP contribution in [0.25, 0.3) is 5.76 Å². The molecular formula is C25H30N2O4. The molecule has 0 aliphatic carbocycles. The van der Waals surface area contributed by atoms with E-state index in [1.54, 1.807) is 29.2 Å². The minimum Gasteiger partial charge on any atom is -0.507 e. The van der Waals surface area contributed by atoms with Crippen molar-refractivity contribution in [1.82, 2.24) is 9.80 Å². The van der Waals surface area contributed by atoms with Crippen molar-refractivity contribution in [2.75, 3.05) is 34.3 Å². The van der Waals surface area contributed by atoms with Crippen LogP contribution in [0, 0.1) is 0 Å². The maximum Gasteiger partial charge on any atom is 0.295 e. The van der Waals surface area contributed by atoms with Gasteiger partial charge in [-0.3, -0.25) is 9.59 Å². The molecule has 6 heteroatoms. The minimum atomic E-state index is -0.669. The summed E-state index contributed by atoms with van der Waals surface area (Å²) in [5, 5.41) is 11.1. The van der Waals surface area contributed by atoms with Gasteiger partial charge in [0, 0.05) is 18.7 Å². The molecule has 2 aromatic carbocycles. The first-order chi connectivity index (χ1) is 14.7. The number of aliphatic hydroxyl groups excluding tert-OH is 1. The van der Waals surface area contributed by atoms with Crippen molar-refractivity contribution in [3.05, 3.63) is 70.8 Å². The predicted octanol–water partition coefficient (Wildman–Crippen LogP) is 3.80. The number of likely N-dealkylation sites (tertiary alicyclic amines) is 1. The van der Waals surface area contributed by atoms with E-state index in [4.69, 9.17) is 4.74 Å². The molecule has 0 aromatic heterocycles. The summed E-state index contributed by atoms with van der Waals surface area (Å²) in [4.78, 5) is 29.5. The smallest absolute Gasteiger partial charge is 0.295 e. The summed E-state index contributed by atoms with van der Waals surface area (Å²) in [6.07, 6.45) is 0. The first kappa shape index (κ1) is 22.6. The van der Waals surface area contributed by atoms with Crippen molar-refractivity contribution in [1.29, 1.82) is 0 Å². The van der Waals surface area contributed by atoms with Gasteiger partial charge in [0.25, 0.3) is 11.7 Å². The van der Waals surface area contributed by atoms with Gasteiger partial charge in [-0.25, -0.2) is 0 Å². The van der Waals surface area contributed by atoms with Gasteiger partial charge in [-0.05, 0) is 43.3 Å². The number of ketones is 1. The maximum absolute atomic E-state index is 13.0. The number of aliphatic hydroxyl groups is 1. The molecule has 0 saturated carbocycles. The molecule has 2 aromatic rings. The van der Waals surface area contributed by atoms with E-state index in [0.717, 1.165) is 5.56 Å². The quantitative estimate of drug-likeness (QED) is 0.418. The van der Waals surface area contributed by atoms with Crippen LogP contribution in [0.4, 0.5) is 0 Å². The Kier molecular flexibility index (Phi) is 6.81. The van der Waals surface area contributed by atoms with Crippen molar-refractivity contribution >= 4 is 17.4 Å². The highest BCUT2D eigenvalue weighted by atomic mass is 16.5. The van der Waals surface area contributed by atoms with Gasteiger partial charge >= 0.3 is 0 Å². The number of amides is 1. The van der Waals surface area contributed by atoms with Crippen LogP contribution >= 0.6 is 0 Å². The first-order valence-corrected chi connectivity index (χ1v) is 10.4. The Balaban J connectivity index is 2.13. The largest absolute Gasteiger partial charge is 0.507 e. The van der Waals surface area contributed by atoms with Crippen LogP contribution in [0.15, 0.2) is 54.1 Å². The lowest BCUT2D eigenvalue weighted by molar-refractivity contribution is -0.140. The van der Waals surface area contributed by atoms with Gasteiger partial charge in [0.1, 0.15) is 11.5 Å². The number of nitrogens with zero attached hydrogens (tertiary/aromatic N) is 2. The fraction of sp³-hybridized carbons (Fsp3) is 0.360. The highest BCUT2D eigenvalue weighted by Crippen LogP contribution is 2.39. The second-order valence-electron chi connectivity index (χ2n) is 8.35. The van der Waals surface area contributed by atoms with Crippen LogP contribution in [-0.4, -0.2) is 60.9 Å². The Hall–Kier alpha value is -3.12. The Morgan fingerprint density at radius 3 is 2.39 bits per heavy atom. The van der Waals surface area contributed by atoms with E-state index in [1.807, 2.05) is 43.3 Å². The molecule has 0 radical (unpaired) electrons. The van der Waals surface area contributed by atoms with E-state index in [9.17, 15) is 14.7 Å². The number of methoxy groups -OCH3 is 1. The lowest BCUT2D eigenvalue weighted by Gasteiger charge is -2.27. The molecule has 1 fully saturated rings. The highest BCUT2D eigenvalue weighted by molar-refractivity contribution is 6.46. The number of carbonyl (C=O) groups is 2. The van der Waals surface area contributed by atoms with Crippen molar-refractivity contribution < 1.29 is 19.4 Å². The first-order valence-electron chi connectivity index (χ1n) is 10.4. The molecule has 0 bridgehead atoms. The third-order valence-electron chi connectivity index (χ3n) is 5.59. The third kappa shape index (κ3) is 4.64. The summed E-state index contributed by atoms with van der Waals surface area (Å²) in [5.74, 6) is -0.529. The number of likely N-dealkylation sites (N-methyl/N-ethyl adjacent to an activating group) is 1. The Labute approximate surface area is 183 Å². The zero-order valence-electron chi connectivity index (χ0n) is 18.8. The molecule has 1 N–H and O–H groups in total. The molecule has 1 amide bonds. The number of rotatable bonds is 7. The summed E-state index contributed by atoms with van der Waals surface area (Å²) in [6.45, 7) is 5.21. The van der Waals surface area contributed by atoms with Crippen LogP contribution in [-0.2, 0) is 9.59 Å². The molecule has 164 valence electrons. The van der Waals surface area contributed by atoms with Gasteiger partial charge in [-0.15, -0.1) is 0 Å². The van der Waals surface area contributed by atoms with E-state index >= 15 is 0 Å². The van der Waals surface area contributed by atoms with Gasteiger partial charge in [-0.1, -0.05) is 50.2 Å². The van der Waals surface area contributed by atoms with Crippen molar-refractivity contribution in [2.45, 2.75) is 25.8 Å². The van der Waals surface area contributed by atoms with Gasteiger partial charge < -0.3 is 19.6 Å². The van der Waals surface area contributed by atoms with Crippen LogP contribution < -0.4 is 4.74 Å². The van der Waals surface area contributed by atoms with Gasteiger partial charge in [0.05, 0.1) is 18.7 Å². The number of ether oxygens (including phenoxy) is 1. The second kappa shape index (κ2) is 9.35. The molecule has 6 nitrogen and oxygen atoms in total. The van der Waals surface area contributed by atoms with Gasteiger partial charge in [-0.2, -0.15) is 0 Å². The van der Waals surface area contributed by atoms with Crippen LogP contribution in [0.2, 0.25) is 0 Å².